The number of amides is 1. The number of carbonyl (C=O) groups excluding carboxylic acids is 1. The molecule has 0 spiro atoms. The van der Waals surface area contributed by atoms with Crippen molar-refractivity contribution < 1.29 is 14.6 Å². The molecule has 7 nitrogen and oxygen atoms in total. The molecule has 2 aromatic rings. The molecule has 1 saturated heterocycles. The maximum atomic E-state index is 12.9. The van der Waals surface area contributed by atoms with Crippen LogP contribution in [-0.2, 0) is 22.4 Å². The van der Waals surface area contributed by atoms with Gasteiger partial charge in [-0.05, 0) is 24.5 Å². The Morgan fingerprint density at radius 3 is 2.93 bits per heavy atom. The van der Waals surface area contributed by atoms with Crippen LogP contribution in [0, 0.1) is 0 Å². The van der Waals surface area contributed by atoms with Gasteiger partial charge in [-0.2, -0.15) is 4.98 Å². The van der Waals surface area contributed by atoms with Crippen molar-refractivity contribution >= 4 is 28.1 Å². The highest BCUT2D eigenvalue weighted by molar-refractivity contribution is 7.16. The predicted octanol–water partition coefficient (Wildman–Crippen LogP) is 2.11. The third-order valence-corrected chi connectivity index (χ3v) is 6.21. The predicted molar refractivity (Wildman–Crippen MR) is 110 cm³/mol. The zero-order valence-electron chi connectivity index (χ0n) is 15.9. The third-order valence-electron chi connectivity index (χ3n) is 5.21. The number of nitrogens with one attached hydrogen (secondary N) is 1. The summed E-state index contributed by atoms with van der Waals surface area (Å²) in [5.41, 5.74) is 2.20. The van der Waals surface area contributed by atoms with E-state index in [9.17, 15) is 9.90 Å². The lowest BCUT2D eigenvalue weighted by atomic mass is 10.0. The number of aromatic nitrogens is 1. The number of hydrogen-bond acceptors (Lipinski definition) is 7. The van der Waals surface area contributed by atoms with Crippen LogP contribution in [0.25, 0.3) is 0 Å². The molecule has 1 fully saturated rings. The molecule has 0 atom stereocenters. The van der Waals surface area contributed by atoms with E-state index >= 15 is 0 Å². The highest BCUT2D eigenvalue weighted by Crippen LogP contribution is 2.31. The molecule has 150 valence electrons. The topological polar surface area (TPSA) is 77.9 Å². The first-order valence-corrected chi connectivity index (χ1v) is 10.6. The first-order valence-electron chi connectivity index (χ1n) is 9.81. The van der Waals surface area contributed by atoms with Crippen molar-refractivity contribution in [3.8, 4) is 5.88 Å². The lowest BCUT2D eigenvalue weighted by molar-refractivity contribution is -0.118. The van der Waals surface area contributed by atoms with Crippen molar-refractivity contribution in [1.82, 2.24) is 9.88 Å². The van der Waals surface area contributed by atoms with Gasteiger partial charge in [-0.1, -0.05) is 29.5 Å². The number of hydrogen-bond donors (Lipinski definition) is 2. The molecule has 3 heterocycles. The summed E-state index contributed by atoms with van der Waals surface area (Å²) in [5.74, 6) is -0.0384. The summed E-state index contributed by atoms with van der Waals surface area (Å²) < 4.78 is 5.35. The average Bonchev–Trinajstić information content (AvgIpc) is 3.07. The van der Waals surface area contributed by atoms with Gasteiger partial charge >= 0.3 is 0 Å². The van der Waals surface area contributed by atoms with E-state index < -0.39 is 0 Å². The molecule has 28 heavy (non-hydrogen) atoms. The molecule has 0 aliphatic carbocycles. The zero-order valence-corrected chi connectivity index (χ0v) is 16.7. The summed E-state index contributed by atoms with van der Waals surface area (Å²) in [6, 6.07) is 8.05. The Kier molecular flexibility index (Phi) is 6.09. The van der Waals surface area contributed by atoms with Crippen LogP contribution in [0.2, 0.25) is 0 Å². The summed E-state index contributed by atoms with van der Waals surface area (Å²) in [6.07, 6.45) is 2.14. The van der Waals surface area contributed by atoms with Gasteiger partial charge in [0, 0.05) is 38.4 Å². The number of para-hydroxylation sites is 1. The molecule has 1 aromatic heterocycles. The molecule has 4 rings (SSSR count). The minimum absolute atomic E-state index is 0.00552. The molecule has 1 aromatic carbocycles. The lowest BCUT2D eigenvalue weighted by Gasteiger charge is -2.29. The van der Waals surface area contributed by atoms with Crippen molar-refractivity contribution in [2.24, 2.45) is 0 Å². The van der Waals surface area contributed by atoms with Gasteiger partial charge in [-0.3, -0.25) is 9.69 Å². The molecule has 2 N–H and O–H groups in total. The Hall–Kier alpha value is -2.16. The minimum Gasteiger partial charge on any atom is -0.492 e. The maximum absolute atomic E-state index is 12.9. The standard InChI is InChI=1S/C20H26N4O3S/c25-18(24-8-3-5-15-4-1-2-6-16(15)24)14-17-19(26)22-20(28-17)21-7-9-23-10-12-27-13-11-23/h1-2,4,6,26H,3,5,7-14H2,(H,21,22). The Bertz CT molecular complexity index is 820. The molecular formula is C20H26N4O3S. The molecule has 2 aliphatic rings. The third kappa shape index (κ3) is 4.45. The zero-order chi connectivity index (χ0) is 19.3. The number of nitrogens with zero attached hydrogens (tertiary/aromatic N) is 3. The van der Waals surface area contributed by atoms with Gasteiger partial charge in [-0.25, -0.2) is 0 Å². The first kappa shape index (κ1) is 19.2. The number of aryl methyl sites for hydroxylation is 1. The van der Waals surface area contributed by atoms with Crippen LogP contribution in [-0.4, -0.2) is 66.8 Å². The SMILES string of the molecule is O=C(Cc1sc(NCCN2CCOCC2)nc1O)N1CCCc2ccccc21. The van der Waals surface area contributed by atoms with Crippen LogP contribution < -0.4 is 10.2 Å². The second kappa shape index (κ2) is 8.89. The summed E-state index contributed by atoms with van der Waals surface area (Å²) in [5, 5.41) is 14.1. The molecule has 1 amide bonds. The fraction of sp³-hybridized carbons (Fsp3) is 0.500. The van der Waals surface area contributed by atoms with Crippen LogP contribution in [0.3, 0.4) is 0 Å². The van der Waals surface area contributed by atoms with E-state index in [1.807, 2.05) is 23.1 Å². The van der Waals surface area contributed by atoms with E-state index in [0.29, 0.717) is 10.0 Å². The second-order valence-corrected chi connectivity index (χ2v) is 8.18. The van der Waals surface area contributed by atoms with Gasteiger partial charge in [0.25, 0.3) is 0 Å². The second-order valence-electron chi connectivity index (χ2n) is 7.10. The quantitative estimate of drug-likeness (QED) is 0.771. The molecule has 0 unspecified atom stereocenters. The monoisotopic (exact) mass is 402 g/mol. The molecule has 2 aliphatic heterocycles. The highest BCUT2D eigenvalue weighted by Gasteiger charge is 2.24. The van der Waals surface area contributed by atoms with Crippen molar-refractivity contribution in [3.63, 3.8) is 0 Å². The van der Waals surface area contributed by atoms with Crippen LogP contribution in [0.4, 0.5) is 10.8 Å². The smallest absolute Gasteiger partial charge is 0.232 e. The van der Waals surface area contributed by atoms with E-state index in [-0.39, 0.29) is 18.2 Å². The van der Waals surface area contributed by atoms with Gasteiger partial charge in [0.15, 0.2) is 5.13 Å². The van der Waals surface area contributed by atoms with Gasteiger partial charge in [0.05, 0.1) is 24.5 Å². The Labute approximate surface area is 168 Å². The number of fused-ring (bicyclic) bond motifs is 1. The van der Waals surface area contributed by atoms with E-state index in [2.05, 4.69) is 21.3 Å². The van der Waals surface area contributed by atoms with Crippen molar-refractivity contribution in [1.29, 1.82) is 0 Å². The fourth-order valence-corrected chi connectivity index (χ4v) is 4.58. The summed E-state index contributed by atoms with van der Waals surface area (Å²) in [7, 11) is 0. The molecular weight excluding hydrogens is 376 g/mol. The van der Waals surface area contributed by atoms with Crippen molar-refractivity contribution in [2.45, 2.75) is 19.3 Å². The number of benzene rings is 1. The molecule has 0 bridgehead atoms. The number of ether oxygens (including phenoxy) is 1. The van der Waals surface area contributed by atoms with Gasteiger partial charge < -0.3 is 20.1 Å². The normalized spacial score (nSPS) is 17.4. The summed E-state index contributed by atoms with van der Waals surface area (Å²) >= 11 is 1.36. The van der Waals surface area contributed by atoms with E-state index in [4.69, 9.17) is 4.74 Å². The number of thiazole rings is 1. The fourth-order valence-electron chi connectivity index (χ4n) is 3.71. The van der Waals surface area contributed by atoms with Gasteiger partial charge in [-0.15, -0.1) is 0 Å². The molecule has 0 saturated carbocycles. The largest absolute Gasteiger partial charge is 0.492 e. The summed E-state index contributed by atoms with van der Waals surface area (Å²) in [4.78, 5) is 21.8. The average molecular weight is 403 g/mol. The number of aromatic hydroxyl groups is 1. The first-order chi connectivity index (χ1) is 13.7. The van der Waals surface area contributed by atoms with Crippen LogP contribution in [0.5, 0.6) is 5.88 Å². The van der Waals surface area contributed by atoms with Crippen LogP contribution in [0.15, 0.2) is 24.3 Å². The Morgan fingerprint density at radius 2 is 2.07 bits per heavy atom. The lowest BCUT2D eigenvalue weighted by Crippen LogP contribution is -2.38. The van der Waals surface area contributed by atoms with Crippen molar-refractivity contribution in [3.05, 3.63) is 34.7 Å². The van der Waals surface area contributed by atoms with Crippen molar-refractivity contribution in [2.75, 3.05) is 56.2 Å². The summed E-state index contributed by atoms with van der Waals surface area (Å²) in [6.45, 7) is 5.83. The van der Waals surface area contributed by atoms with Crippen LogP contribution >= 0.6 is 11.3 Å². The number of anilines is 2. The number of morpholine rings is 1. The maximum Gasteiger partial charge on any atom is 0.232 e. The number of rotatable bonds is 6. The van der Waals surface area contributed by atoms with Gasteiger partial charge in [0.2, 0.25) is 11.8 Å². The van der Waals surface area contributed by atoms with Crippen LogP contribution in [0.1, 0.15) is 16.9 Å². The van der Waals surface area contributed by atoms with E-state index in [0.717, 1.165) is 64.5 Å². The molecule has 0 radical (unpaired) electrons. The number of carbonyl (C=O) groups is 1. The Balaban J connectivity index is 1.34. The molecule has 8 heteroatoms. The minimum atomic E-state index is -0.0440. The van der Waals surface area contributed by atoms with E-state index in [1.165, 1.54) is 16.9 Å². The van der Waals surface area contributed by atoms with E-state index in [1.54, 1.807) is 0 Å². The highest BCUT2D eigenvalue weighted by atomic mass is 32.1. The van der Waals surface area contributed by atoms with Gasteiger partial charge in [0.1, 0.15) is 0 Å². The Morgan fingerprint density at radius 1 is 1.25 bits per heavy atom.